The quantitative estimate of drug-likeness (QED) is 0.565. The molecule has 0 saturated heterocycles. The van der Waals surface area contributed by atoms with E-state index in [1.54, 1.807) is 24.3 Å². The van der Waals surface area contributed by atoms with E-state index in [0.717, 1.165) is 11.1 Å². The summed E-state index contributed by atoms with van der Waals surface area (Å²) in [7, 11) is 0. The SMILES string of the molecule is Cc1ccccc1/C=C1\Oc2cc(OCc3c(F)cccc3F)ccc2C1=O. The van der Waals surface area contributed by atoms with Gasteiger partial charge >= 0.3 is 0 Å². The molecular formula is C23H16F2O3. The minimum Gasteiger partial charge on any atom is -0.489 e. The van der Waals surface area contributed by atoms with E-state index in [4.69, 9.17) is 9.47 Å². The third-order valence-electron chi connectivity index (χ3n) is 4.56. The van der Waals surface area contributed by atoms with E-state index in [1.807, 2.05) is 31.2 Å². The fourth-order valence-electron chi connectivity index (χ4n) is 2.97. The smallest absolute Gasteiger partial charge is 0.231 e. The number of ketones is 1. The minimum atomic E-state index is -0.670. The Kier molecular flexibility index (Phi) is 4.65. The molecule has 0 N–H and O–H groups in total. The Labute approximate surface area is 160 Å². The van der Waals surface area contributed by atoms with Gasteiger partial charge < -0.3 is 9.47 Å². The van der Waals surface area contributed by atoms with Crippen LogP contribution in [0, 0.1) is 18.6 Å². The van der Waals surface area contributed by atoms with Gasteiger partial charge in [-0.05, 0) is 48.4 Å². The maximum absolute atomic E-state index is 13.7. The first-order chi connectivity index (χ1) is 13.5. The third kappa shape index (κ3) is 3.39. The van der Waals surface area contributed by atoms with Crippen LogP contribution in [0.25, 0.3) is 6.08 Å². The summed E-state index contributed by atoms with van der Waals surface area (Å²) in [6, 6.07) is 16.0. The molecule has 0 aliphatic carbocycles. The molecule has 0 saturated carbocycles. The topological polar surface area (TPSA) is 35.5 Å². The number of rotatable bonds is 4. The van der Waals surface area contributed by atoms with E-state index in [0.29, 0.717) is 17.1 Å². The van der Waals surface area contributed by atoms with E-state index in [2.05, 4.69) is 0 Å². The zero-order valence-corrected chi connectivity index (χ0v) is 15.0. The van der Waals surface area contributed by atoms with Crippen molar-refractivity contribution in [2.24, 2.45) is 0 Å². The summed E-state index contributed by atoms with van der Waals surface area (Å²) in [4.78, 5) is 12.6. The molecule has 0 radical (unpaired) electrons. The molecule has 140 valence electrons. The van der Waals surface area contributed by atoms with E-state index >= 15 is 0 Å². The molecule has 5 heteroatoms. The molecule has 3 nitrogen and oxygen atoms in total. The molecule has 1 aliphatic rings. The van der Waals surface area contributed by atoms with Crippen molar-refractivity contribution in [2.45, 2.75) is 13.5 Å². The second kappa shape index (κ2) is 7.27. The van der Waals surface area contributed by atoms with Crippen molar-refractivity contribution in [3.63, 3.8) is 0 Å². The van der Waals surface area contributed by atoms with Crippen LogP contribution in [0.2, 0.25) is 0 Å². The lowest BCUT2D eigenvalue weighted by Gasteiger charge is -2.09. The van der Waals surface area contributed by atoms with Crippen molar-refractivity contribution >= 4 is 11.9 Å². The summed E-state index contributed by atoms with van der Waals surface area (Å²) >= 11 is 0. The zero-order chi connectivity index (χ0) is 19.7. The Morgan fingerprint density at radius 1 is 1.00 bits per heavy atom. The highest BCUT2D eigenvalue weighted by molar-refractivity contribution is 6.14. The van der Waals surface area contributed by atoms with Crippen LogP contribution in [-0.2, 0) is 6.61 Å². The van der Waals surface area contributed by atoms with Gasteiger partial charge in [-0.15, -0.1) is 0 Å². The van der Waals surface area contributed by atoms with E-state index in [-0.39, 0.29) is 23.7 Å². The molecule has 0 amide bonds. The van der Waals surface area contributed by atoms with Gasteiger partial charge in [0.1, 0.15) is 29.7 Å². The van der Waals surface area contributed by atoms with Gasteiger partial charge in [0.15, 0.2) is 5.76 Å². The van der Waals surface area contributed by atoms with Gasteiger partial charge in [0.2, 0.25) is 5.78 Å². The summed E-state index contributed by atoms with van der Waals surface area (Å²) in [5, 5.41) is 0. The molecule has 0 fully saturated rings. The average molecular weight is 378 g/mol. The second-order valence-corrected chi connectivity index (χ2v) is 6.44. The number of carbonyl (C=O) groups is 1. The number of aryl methyl sites for hydroxylation is 1. The first-order valence-electron chi connectivity index (χ1n) is 8.72. The van der Waals surface area contributed by atoms with Gasteiger partial charge in [-0.25, -0.2) is 8.78 Å². The molecule has 0 atom stereocenters. The summed E-state index contributed by atoms with van der Waals surface area (Å²) in [5.41, 5.74) is 2.19. The van der Waals surface area contributed by atoms with Crippen LogP contribution in [0.15, 0.2) is 66.4 Å². The maximum Gasteiger partial charge on any atom is 0.231 e. The van der Waals surface area contributed by atoms with Crippen LogP contribution < -0.4 is 9.47 Å². The minimum absolute atomic E-state index is 0.153. The molecule has 1 heterocycles. The molecule has 0 bridgehead atoms. The van der Waals surface area contributed by atoms with Gasteiger partial charge in [-0.2, -0.15) is 0 Å². The Morgan fingerprint density at radius 2 is 1.75 bits per heavy atom. The zero-order valence-electron chi connectivity index (χ0n) is 15.0. The van der Waals surface area contributed by atoms with E-state index in [9.17, 15) is 13.6 Å². The largest absolute Gasteiger partial charge is 0.489 e. The van der Waals surface area contributed by atoms with E-state index < -0.39 is 11.6 Å². The van der Waals surface area contributed by atoms with Crippen molar-refractivity contribution in [1.29, 1.82) is 0 Å². The number of Topliss-reactive ketones (excluding diaryl/α,β-unsaturated/α-hetero) is 1. The van der Waals surface area contributed by atoms with Crippen LogP contribution in [-0.4, -0.2) is 5.78 Å². The normalized spacial score (nSPS) is 14.1. The van der Waals surface area contributed by atoms with Crippen LogP contribution in [0.1, 0.15) is 27.0 Å². The lowest BCUT2D eigenvalue weighted by molar-refractivity contribution is 0.101. The standard InChI is InChI=1S/C23H16F2O3/c1-14-5-2-3-6-15(14)11-22-23(26)17-10-9-16(12-21(17)28-22)27-13-18-19(24)7-4-8-20(18)25/h2-12H,13H2,1H3/b22-11-. The van der Waals surface area contributed by atoms with Crippen molar-refractivity contribution in [2.75, 3.05) is 0 Å². The monoisotopic (exact) mass is 378 g/mol. The Balaban J connectivity index is 1.55. The summed E-state index contributed by atoms with van der Waals surface area (Å²) in [6.45, 7) is 1.68. The van der Waals surface area contributed by atoms with E-state index in [1.165, 1.54) is 18.2 Å². The van der Waals surface area contributed by atoms with Crippen molar-refractivity contribution < 1.29 is 23.0 Å². The van der Waals surface area contributed by atoms with Gasteiger partial charge in [-0.1, -0.05) is 30.3 Å². The van der Waals surface area contributed by atoms with Crippen molar-refractivity contribution in [1.82, 2.24) is 0 Å². The number of benzene rings is 3. The van der Waals surface area contributed by atoms with Crippen LogP contribution in [0.4, 0.5) is 8.78 Å². The molecule has 3 aromatic rings. The summed E-state index contributed by atoms with van der Waals surface area (Å²) in [5.74, 6) is -0.624. The molecule has 4 rings (SSSR count). The van der Waals surface area contributed by atoms with Crippen LogP contribution in [0.3, 0.4) is 0 Å². The molecule has 3 aromatic carbocycles. The Morgan fingerprint density at radius 3 is 2.50 bits per heavy atom. The van der Waals surface area contributed by atoms with Gasteiger partial charge in [0, 0.05) is 6.07 Å². The second-order valence-electron chi connectivity index (χ2n) is 6.44. The molecule has 0 aromatic heterocycles. The van der Waals surface area contributed by atoms with Crippen molar-refractivity contribution in [3.05, 3.63) is 100 Å². The van der Waals surface area contributed by atoms with Gasteiger partial charge in [0.25, 0.3) is 0 Å². The number of ether oxygens (including phenoxy) is 2. The van der Waals surface area contributed by atoms with Crippen LogP contribution in [0.5, 0.6) is 11.5 Å². The highest BCUT2D eigenvalue weighted by Crippen LogP contribution is 2.35. The number of fused-ring (bicyclic) bond motifs is 1. The number of allylic oxidation sites excluding steroid dienone is 1. The Bertz CT molecular complexity index is 1080. The third-order valence-corrected chi connectivity index (χ3v) is 4.56. The van der Waals surface area contributed by atoms with Crippen LogP contribution >= 0.6 is 0 Å². The fourth-order valence-corrected chi connectivity index (χ4v) is 2.97. The average Bonchev–Trinajstić information content (AvgIpc) is 2.98. The van der Waals surface area contributed by atoms with Gasteiger partial charge in [0.05, 0.1) is 11.1 Å². The number of carbonyl (C=O) groups excluding carboxylic acids is 1. The lowest BCUT2D eigenvalue weighted by atomic mass is 10.1. The first-order valence-corrected chi connectivity index (χ1v) is 8.72. The van der Waals surface area contributed by atoms with Crippen molar-refractivity contribution in [3.8, 4) is 11.5 Å². The molecule has 1 aliphatic heterocycles. The number of halogens is 2. The molecular weight excluding hydrogens is 362 g/mol. The first kappa shape index (κ1) is 17.9. The van der Waals surface area contributed by atoms with Gasteiger partial charge in [-0.3, -0.25) is 4.79 Å². The lowest BCUT2D eigenvalue weighted by Crippen LogP contribution is -2.01. The summed E-state index contributed by atoms with van der Waals surface area (Å²) < 4.78 is 38.6. The maximum atomic E-state index is 13.7. The molecule has 0 spiro atoms. The highest BCUT2D eigenvalue weighted by atomic mass is 19.1. The highest BCUT2D eigenvalue weighted by Gasteiger charge is 2.28. The predicted octanol–water partition coefficient (Wildman–Crippen LogP) is 5.47. The fraction of sp³-hybridized carbons (Fsp3) is 0.0870. The predicted molar refractivity (Wildman–Crippen MR) is 101 cm³/mol. The number of hydrogen-bond donors (Lipinski definition) is 0. The molecule has 0 unspecified atom stereocenters. The summed E-state index contributed by atoms with van der Waals surface area (Å²) in [6.07, 6.45) is 1.70. The molecule has 28 heavy (non-hydrogen) atoms. The number of hydrogen-bond acceptors (Lipinski definition) is 3. The Hall–Kier alpha value is -3.47.